The molecule has 0 saturated carbocycles. The molecule has 0 radical (unpaired) electrons. The lowest BCUT2D eigenvalue weighted by Crippen LogP contribution is -2.75. The zero-order valence-corrected chi connectivity index (χ0v) is 25.1. The minimum atomic E-state index is -1.02. The molecule has 4 rings (SSSR count). The van der Waals surface area contributed by atoms with Crippen molar-refractivity contribution in [2.24, 2.45) is 5.92 Å². The molecule has 1 unspecified atom stereocenters. The van der Waals surface area contributed by atoms with E-state index in [0.717, 1.165) is 16.2 Å². The average Bonchev–Trinajstić information content (AvgIpc) is 2.99. The third kappa shape index (κ3) is 7.91. The molecule has 11 nitrogen and oxygen atoms in total. The van der Waals surface area contributed by atoms with Crippen LogP contribution in [0.1, 0.15) is 44.7 Å². The molecule has 2 N–H and O–H groups in total. The summed E-state index contributed by atoms with van der Waals surface area (Å²) in [5.74, 6) is -0.889. The number of aliphatic hydroxyl groups is 1. The lowest BCUT2D eigenvalue weighted by atomic mass is 9.95. The summed E-state index contributed by atoms with van der Waals surface area (Å²) < 4.78 is 5.53. The Kier molecular flexibility index (Phi) is 11.1. The largest absolute Gasteiger partial charge is 0.448 e. The van der Waals surface area contributed by atoms with E-state index in [-0.39, 0.29) is 45.1 Å². The number of amides is 4. The molecule has 4 amide bonds. The molecule has 2 saturated heterocycles. The summed E-state index contributed by atoms with van der Waals surface area (Å²) in [6.07, 6.45) is -1.37. The number of piperazine rings is 1. The molecule has 0 aliphatic carbocycles. The van der Waals surface area contributed by atoms with Crippen molar-refractivity contribution >= 4 is 23.8 Å². The fourth-order valence-electron chi connectivity index (χ4n) is 5.36. The van der Waals surface area contributed by atoms with E-state index in [1.54, 1.807) is 0 Å². The number of nitrogens with one attached hydrogen (secondary N) is 1. The fraction of sp³-hybridized carbons (Fsp3) is 0.500. The molecule has 2 aliphatic heterocycles. The predicted octanol–water partition coefficient (Wildman–Crippen LogP) is 2.52. The Bertz CT molecular complexity index is 1240. The SMILES string of the molecule is CC(C)CCOC(=O)N1O[C@H](C)C(=O)N2C1CN([C@@H](Cc1ccccc1)C(=O)NCCCO)C(=O)[C@@H]2Cc1ccccc1. The number of rotatable bonds is 12. The number of carbonyl (C=O) groups excluding carboxylic acids is 4. The Labute approximate surface area is 252 Å². The molecule has 0 aromatic heterocycles. The van der Waals surface area contributed by atoms with Crippen LogP contribution in [0.15, 0.2) is 60.7 Å². The van der Waals surface area contributed by atoms with Gasteiger partial charge >= 0.3 is 6.09 Å². The monoisotopic (exact) mass is 594 g/mol. The summed E-state index contributed by atoms with van der Waals surface area (Å²) in [5.41, 5.74) is 1.67. The highest BCUT2D eigenvalue weighted by molar-refractivity contribution is 5.95. The third-order valence-electron chi connectivity index (χ3n) is 7.69. The Morgan fingerprint density at radius 1 is 1.02 bits per heavy atom. The number of aliphatic hydroxyl groups excluding tert-OH is 1. The fourth-order valence-corrected chi connectivity index (χ4v) is 5.36. The summed E-state index contributed by atoms with van der Waals surface area (Å²) in [5, 5.41) is 13.1. The maximum atomic E-state index is 14.4. The number of carbonyl (C=O) groups is 4. The molecule has 2 aromatic rings. The van der Waals surface area contributed by atoms with E-state index >= 15 is 0 Å². The van der Waals surface area contributed by atoms with Gasteiger partial charge in [-0.2, -0.15) is 5.06 Å². The minimum absolute atomic E-state index is 0.0893. The maximum absolute atomic E-state index is 14.4. The van der Waals surface area contributed by atoms with Crippen LogP contribution in [0.4, 0.5) is 4.79 Å². The van der Waals surface area contributed by atoms with Gasteiger partial charge in [0.05, 0.1) is 13.2 Å². The van der Waals surface area contributed by atoms with Gasteiger partial charge in [0.2, 0.25) is 11.8 Å². The molecular weight excluding hydrogens is 552 g/mol. The summed E-state index contributed by atoms with van der Waals surface area (Å²) in [6, 6.07) is 16.7. The van der Waals surface area contributed by atoms with Gasteiger partial charge < -0.3 is 25.0 Å². The zero-order chi connectivity index (χ0) is 30.9. The van der Waals surface area contributed by atoms with Crippen molar-refractivity contribution in [2.75, 3.05) is 26.3 Å². The molecule has 43 heavy (non-hydrogen) atoms. The first-order valence-electron chi connectivity index (χ1n) is 14.9. The topological polar surface area (TPSA) is 129 Å². The third-order valence-corrected chi connectivity index (χ3v) is 7.69. The molecule has 2 fully saturated rings. The van der Waals surface area contributed by atoms with Crippen LogP contribution in [-0.4, -0.2) is 94.4 Å². The van der Waals surface area contributed by atoms with Crippen LogP contribution in [0.2, 0.25) is 0 Å². The number of fused-ring (bicyclic) bond motifs is 1. The van der Waals surface area contributed by atoms with E-state index < -0.39 is 42.3 Å². The second-order valence-corrected chi connectivity index (χ2v) is 11.4. The molecule has 2 aromatic carbocycles. The van der Waals surface area contributed by atoms with Gasteiger partial charge in [-0.3, -0.25) is 19.2 Å². The summed E-state index contributed by atoms with van der Waals surface area (Å²) in [4.78, 5) is 63.6. The van der Waals surface area contributed by atoms with Crippen LogP contribution in [0.25, 0.3) is 0 Å². The van der Waals surface area contributed by atoms with Crippen molar-refractivity contribution in [3.63, 3.8) is 0 Å². The van der Waals surface area contributed by atoms with Gasteiger partial charge in [-0.05, 0) is 36.8 Å². The molecular formula is C32H42N4O7. The zero-order valence-electron chi connectivity index (χ0n) is 25.1. The number of hydroxylamine groups is 2. The first kappa shape index (κ1) is 32.0. The van der Waals surface area contributed by atoms with Crippen molar-refractivity contribution in [2.45, 2.75) is 70.8 Å². The Hall–Kier alpha value is -3.96. The predicted molar refractivity (Wildman–Crippen MR) is 158 cm³/mol. The Balaban J connectivity index is 1.72. The molecule has 0 spiro atoms. The highest BCUT2D eigenvalue weighted by Gasteiger charge is 2.54. The van der Waals surface area contributed by atoms with Gasteiger partial charge in [0.1, 0.15) is 12.1 Å². The Morgan fingerprint density at radius 2 is 1.67 bits per heavy atom. The molecule has 2 heterocycles. The van der Waals surface area contributed by atoms with Gasteiger partial charge in [-0.15, -0.1) is 0 Å². The standard InChI is InChI=1S/C32H42N4O7/c1-22(2)15-18-42-32(41)36-28-21-34(26(29(38)33-16-10-17-37)19-24-11-6-4-7-12-24)31(40)27(20-25-13-8-5-9-14-25)35(28)30(39)23(3)43-36/h4-9,11-14,22-23,26-28,37H,10,15-21H2,1-3H3,(H,33,38)/t23-,26+,27+,28?/m1/s1. The van der Waals surface area contributed by atoms with Gasteiger partial charge in [-0.1, -0.05) is 74.5 Å². The molecule has 4 atom stereocenters. The molecule has 2 aliphatic rings. The van der Waals surface area contributed by atoms with Gasteiger partial charge in [0, 0.05) is 26.0 Å². The number of hydrogen-bond acceptors (Lipinski definition) is 7. The van der Waals surface area contributed by atoms with Crippen LogP contribution in [0.5, 0.6) is 0 Å². The van der Waals surface area contributed by atoms with Crippen molar-refractivity contribution in [1.29, 1.82) is 0 Å². The first-order chi connectivity index (χ1) is 20.7. The van der Waals surface area contributed by atoms with Crippen molar-refractivity contribution < 1.29 is 33.9 Å². The van der Waals surface area contributed by atoms with E-state index in [9.17, 15) is 24.3 Å². The minimum Gasteiger partial charge on any atom is -0.448 e. The van der Waals surface area contributed by atoms with Crippen molar-refractivity contribution in [3.05, 3.63) is 71.8 Å². The van der Waals surface area contributed by atoms with E-state index in [4.69, 9.17) is 9.57 Å². The van der Waals surface area contributed by atoms with Crippen molar-refractivity contribution in [1.82, 2.24) is 20.2 Å². The summed E-state index contributed by atoms with van der Waals surface area (Å²) in [7, 11) is 0. The van der Waals surface area contributed by atoms with Crippen LogP contribution in [-0.2, 0) is 36.8 Å². The normalized spacial score (nSPS) is 21.0. The van der Waals surface area contributed by atoms with Crippen LogP contribution >= 0.6 is 0 Å². The van der Waals surface area contributed by atoms with Crippen molar-refractivity contribution in [3.8, 4) is 0 Å². The molecule has 232 valence electrons. The number of hydrogen-bond donors (Lipinski definition) is 2. The van der Waals surface area contributed by atoms with Crippen LogP contribution in [0.3, 0.4) is 0 Å². The Morgan fingerprint density at radius 3 is 2.30 bits per heavy atom. The van der Waals surface area contributed by atoms with Gasteiger partial charge in [0.25, 0.3) is 5.91 Å². The second kappa shape index (κ2) is 15.0. The summed E-state index contributed by atoms with van der Waals surface area (Å²) >= 11 is 0. The highest BCUT2D eigenvalue weighted by atomic mass is 16.7. The van der Waals surface area contributed by atoms with Crippen LogP contribution < -0.4 is 5.32 Å². The van der Waals surface area contributed by atoms with E-state index in [1.165, 1.54) is 16.7 Å². The average molecular weight is 595 g/mol. The molecule has 11 heteroatoms. The van der Waals surface area contributed by atoms with Gasteiger partial charge in [-0.25, -0.2) is 4.79 Å². The quantitative estimate of drug-likeness (QED) is 0.362. The van der Waals surface area contributed by atoms with Gasteiger partial charge in [0.15, 0.2) is 12.3 Å². The highest BCUT2D eigenvalue weighted by Crippen LogP contribution is 2.31. The lowest BCUT2D eigenvalue weighted by molar-refractivity contribution is -0.264. The smallest absolute Gasteiger partial charge is 0.436 e. The van der Waals surface area contributed by atoms with Crippen LogP contribution in [0, 0.1) is 5.92 Å². The maximum Gasteiger partial charge on any atom is 0.436 e. The van der Waals surface area contributed by atoms with E-state index in [2.05, 4.69) is 5.32 Å². The van der Waals surface area contributed by atoms with E-state index in [0.29, 0.717) is 18.8 Å². The number of benzene rings is 2. The van der Waals surface area contributed by atoms with E-state index in [1.807, 2.05) is 74.5 Å². The second-order valence-electron chi connectivity index (χ2n) is 11.4. The first-order valence-corrected chi connectivity index (χ1v) is 14.9. The number of ether oxygens (including phenoxy) is 1. The number of nitrogens with zero attached hydrogens (tertiary/aromatic N) is 3. The summed E-state index contributed by atoms with van der Waals surface area (Å²) in [6.45, 7) is 5.75. The molecule has 0 bridgehead atoms. The lowest BCUT2D eigenvalue weighted by Gasteiger charge is -2.53.